The first-order chi connectivity index (χ1) is 13.8. The normalized spacial score (nSPS) is 15.7. The molecule has 5 rings (SSSR count). The lowest BCUT2D eigenvalue weighted by Crippen LogP contribution is -2.29. The van der Waals surface area contributed by atoms with E-state index in [9.17, 15) is 9.18 Å². The van der Waals surface area contributed by atoms with Gasteiger partial charge in [0.25, 0.3) is 5.91 Å². The molecule has 1 aliphatic heterocycles. The summed E-state index contributed by atoms with van der Waals surface area (Å²) >= 11 is 0. The third-order valence-corrected chi connectivity index (χ3v) is 5.05. The van der Waals surface area contributed by atoms with Crippen LogP contribution in [-0.2, 0) is 0 Å². The molecule has 1 aromatic heterocycles. The van der Waals surface area contributed by atoms with Crippen molar-refractivity contribution in [3.8, 4) is 11.3 Å². The summed E-state index contributed by atoms with van der Waals surface area (Å²) in [7, 11) is 0. The SMILES string of the molecule is O=C1c2[nH]nc(-c3ccccc3)c2[C@H](c2ccccc2F)N1c1ccccc1. The van der Waals surface area contributed by atoms with Crippen molar-refractivity contribution in [2.45, 2.75) is 6.04 Å². The van der Waals surface area contributed by atoms with Crippen LogP contribution in [0.4, 0.5) is 10.1 Å². The van der Waals surface area contributed by atoms with Crippen molar-refractivity contribution in [2.24, 2.45) is 0 Å². The van der Waals surface area contributed by atoms with Crippen LogP contribution in [0, 0.1) is 5.82 Å². The number of carbonyl (C=O) groups is 1. The van der Waals surface area contributed by atoms with Crippen LogP contribution in [0.2, 0.25) is 0 Å². The number of nitrogens with one attached hydrogen (secondary N) is 1. The number of fused-ring (bicyclic) bond motifs is 1. The summed E-state index contributed by atoms with van der Waals surface area (Å²) in [4.78, 5) is 14.9. The predicted octanol–water partition coefficient (Wildman–Crippen LogP) is 4.97. The minimum Gasteiger partial charge on any atom is -0.295 e. The third-order valence-electron chi connectivity index (χ3n) is 5.05. The number of hydrogen-bond acceptors (Lipinski definition) is 2. The number of anilines is 1. The van der Waals surface area contributed by atoms with Crippen molar-refractivity contribution in [1.29, 1.82) is 0 Å². The van der Waals surface area contributed by atoms with Gasteiger partial charge >= 0.3 is 0 Å². The van der Waals surface area contributed by atoms with Gasteiger partial charge in [0.2, 0.25) is 0 Å². The van der Waals surface area contributed by atoms with E-state index in [-0.39, 0.29) is 11.7 Å². The Morgan fingerprint density at radius 2 is 1.50 bits per heavy atom. The van der Waals surface area contributed by atoms with Gasteiger partial charge in [0, 0.05) is 22.4 Å². The molecular weight excluding hydrogens is 353 g/mol. The second-order valence-corrected chi connectivity index (χ2v) is 6.66. The van der Waals surface area contributed by atoms with Crippen LogP contribution < -0.4 is 4.90 Å². The van der Waals surface area contributed by atoms with Crippen molar-refractivity contribution >= 4 is 11.6 Å². The van der Waals surface area contributed by atoms with Gasteiger partial charge in [0.05, 0.1) is 11.7 Å². The molecule has 1 amide bonds. The Morgan fingerprint density at radius 3 is 2.21 bits per heavy atom. The van der Waals surface area contributed by atoms with Gasteiger partial charge in [-0.25, -0.2) is 4.39 Å². The molecule has 136 valence electrons. The molecule has 28 heavy (non-hydrogen) atoms. The van der Waals surface area contributed by atoms with Gasteiger partial charge in [-0.2, -0.15) is 5.10 Å². The summed E-state index contributed by atoms with van der Waals surface area (Å²) in [6, 6.07) is 24.9. The molecule has 0 radical (unpaired) electrons. The van der Waals surface area contributed by atoms with Crippen molar-refractivity contribution in [3.05, 3.63) is 108 Å². The first-order valence-electron chi connectivity index (χ1n) is 9.02. The molecule has 0 unspecified atom stereocenters. The number of H-pyrrole nitrogens is 1. The Hall–Kier alpha value is -3.73. The molecule has 3 aromatic carbocycles. The highest BCUT2D eigenvalue weighted by molar-refractivity contribution is 6.11. The third kappa shape index (κ3) is 2.44. The molecular formula is C23H16FN3O. The molecule has 2 heterocycles. The molecule has 0 saturated carbocycles. The fraction of sp³-hybridized carbons (Fsp3) is 0.0435. The first kappa shape index (κ1) is 16.4. The van der Waals surface area contributed by atoms with Crippen molar-refractivity contribution in [1.82, 2.24) is 10.2 Å². The van der Waals surface area contributed by atoms with Crippen LogP contribution in [-0.4, -0.2) is 16.1 Å². The summed E-state index contributed by atoms with van der Waals surface area (Å²) in [6.07, 6.45) is 0. The smallest absolute Gasteiger partial charge is 0.277 e. The topological polar surface area (TPSA) is 49.0 Å². The fourth-order valence-electron chi connectivity index (χ4n) is 3.81. The van der Waals surface area contributed by atoms with E-state index in [1.54, 1.807) is 23.1 Å². The zero-order valence-electron chi connectivity index (χ0n) is 14.8. The summed E-state index contributed by atoms with van der Waals surface area (Å²) in [5.41, 5.74) is 3.79. The van der Waals surface area contributed by atoms with Crippen molar-refractivity contribution in [3.63, 3.8) is 0 Å². The standard InChI is InChI=1S/C23H16FN3O/c24-18-14-8-7-13-17(18)22-19-20(15-9-3-1-4-10-15)25-26-21(19)23(28)27(22)16-11-5-2-6-12-16/h1-14,22H,(H,25,26)/t22-/m0/s1. The Bertz CT molecular complexity index is 1150. The maximum absolute atomic E-state index is 14.8. The molecule has 0 bridgehead atoms. The van der Waals surface area contributed by atoms with Gasteiger partial charge in [-0.3, -0.25) is 14.8 Å². The number of halogens is 1. The van der Waals surface area contributed by atoms with E-state index in [1.165, 1.54) is 6.07 Å². The van der Waals surface area contributed by atoms with Gasteiger partial charge in [-0.1, -0.05) is 66.7 Å². The quantitative estimate of drug-likeness (QED) is 0.554. The van der Waals surface area contributed by atoms with E-state index in [2.05, 4.69) is 10.2 Å². The summed E-state index contributed by atoms with van der Waals surface area (Å²) in [5, 5.41) is 7.29. The van der Waals surface area contributed by atoms with E-state index in [0.717, 1.165) is 5.56 Å². The minimum absolute atomic E-state index is 0.218. The van der Waals surface area contributed by atoms with E-state index in [4.69, 9.17) is 0 Å². The molecule has 4 nitrogen and oxygen atoms in total. The Morgan fingerprint density at radius 1 is 0.857 bits per heavy atom. The lowest BCUT2D eigenvalue weighted by Gasteiger charge is -2.26. The fourth-order valence-corrected chi connectivity index (χ4v) is 3.81. The molecule has 0 fully saturated rings. The summed E-state index contributed by atoms with van der Waals surface area (Å²) < 4.78 is 14.8. The molecule has 0 spiro atoms. The van der Waals surface area contributed by atoms with Gasteiger partial charge in [0.15, 0.2) is 0 Å². The number of para-hydroxylation sites is 1. The highest BCUT2D eigenvalue weighted by Gasteiger charge is 2.43. The van der Waals surface area contributed by atoms with E-state index in [0.29, 0.717) is 28.2 Å². The first-order valence-corrected chi connectivity index (χ1v) is 9.02. The van der Waals surface area contributed by atoms with Crippen molar-refractivity contribution < 1.29 is 9.18 Å². The highest BCUT2D eigenvalue weighted by Crippen LogP contribution is 2.45. The average molecular weight is 369 g/mol. The minimum atomic E-state index is -0.597. The molecule has 1 N–H and O–H groups in total. The number of nitrogens with zero attached hydrogens (tertiary/aromatic N) is 2. The van der Waals surface area contributed by atoms with Crippen LogP contribution >= 0.6 is 0 Å². The van der Waals surface area contributed by atoms with Crippen LogP contribution in [0.15, 0.2) is 84.9 Å². The van der Waals surface area contributed by atoms with Gasteiger partial charge in [-0.15, -0.1) is 0 Å². The lowest BCUT2D eigenvalue weighted by atomic mass is 9.95. The van der Waals surface area contributed by atoms with Crippen LogP contribution in [0.1, 0.15) is 27.7 Å². The van der Waals surface area contributed by atoms with Crippen LogP contribution in [0.25, 0.3) is 11.3 Å². The monoisotopic (exact) mass is 369 g/mol. The number of hydrogen-bond donors (Lipinski definition) is 1. The van der Waals surface area contributed by atoms with Crippen LogP contribution in [0.3, 0.4) is 0 Å². The molecule has 1 atom stereocenters. The van der Waals surface area contributed by atoms with E-state index < -0.39 is 6.04 Å². The van der Waals surface area contributed by atoms with Crippen molar-refractivity contribution in [2.75, 3.05) is 4.90 Å². The lowest BCUT2D eigenvalue weighted by molar-refractivity contribution is 0.0988. The Labute approximate surface area is 161 Å². The summed E-state index contributed by atoms with van der Waals surface area (Å²) in [6.45, 7) is 0. The van der Waals surface area contributed by atoms with E-state index in [1.807, 2.05) is 60.7 Å². The molecule has 5 heteroatoms. The molecule has 0 aliphatic carbocycles. The number of amides is 1. The van der Waals surface area contributed by atoms with Crippen LogP contribution in [0.5, 0.6) is 0 Å². The number of carbonyl (C=O) groups excluding carboxylic acids is 1. The molecule has 0 saturated heterocycles. The number of benzene rings is 3. The predicted molar refractivity (Wildman–Crippen MR) is 106 cm³/mol. The number of aromatic nitrogens is 2. The maximum Gasteiger partial charge on any atom is 0.277 e. The van der Waals surface area contributed by atoms with Gasteiger partial charge < -0.3 is 0 Å². The number of aromatic amines is 1. The highest BCUT2D eigenvalue weighted by atomic mass is 19.1. The Kier molecular flexibility index (Phi) is 3.79. The average Bonchev–Trinajstić information content (AvgIpc) is 3.29. The van der Waals surface area contributed by atoms with Gasteiger partial charge in [0.1, 0.15) is 11.5 Å². The zero-order valence-corrected chi connectivity index (χ0v) is 14.8. The largest absolute Gasteiger partial charge is 0.295 e. The second kappa shape index (κ2) is 6.46. The Balaban J connectivity index is 1.77. The number of rotatable bonds is 3. The maximum atomic E-state index is 14.8. The second-order valence-electron chi connectivity index (χ2n) is 6.66. The molecule has 4 aromatic rings. The van der Waals surface area contributed by atoms with E-state index >= 15 is 0 Å². The zero-order chi connectivity index (χ0) is 19.1. The molecule has 1 aliphatic rings. The summed E-state index contributed by atoms with van der Waals surface area (Å²) in [5.74, 6) is -0.571. The van der Waals surface area contributed by atoms with Gasteiger partial charge in [-0.05, 0) is 18.2 Å².